The van der Waals surface area contributed by atoms with Gasteiger partial charge in [-0.1, -0.05) is 0 Å². The molecule has 25 heavy (non-hydrogen) atoms. The van der Waals surface area contributed by atoms with Crippen molar-refractivity contribution in [3.63, 3.8) is 0 Å². The Hall–Kier alpha value is -3.47. The van der Waals surface area contributed by atoms with E-state index in [2.05, 4.69) is 15.3 Å². The summed E-state index contributed by atoms with van der Waals surface area (Å²) in [7, 11) is 1.36. The largest absolute Gasteiger partial charge is 0.469 e. The van der Waals surface area contributed by atoms with Crippen LogP contribution in [0.3, 0.4) is 0 Å². The quantitative estimate of drug-likeness (QED) is 0.654. The first-order valence-corrected chi connectivity index (χ1v) is 7.28. The Kier molecular flexibility index (Phi) is 5.63. The van der Waals surface area contributed by atoms with Crippen LogP contribution in [0.25, 0.3) is 0 Å². The van der Waals surface area contributed by atoms with Gasteiger partial charge in [0.05, 0.1) is 18.7 Å². The van der Waals surface area contributed by atoms with Crippen LogP contribution in [0.15, 0.2) is 41.5 Å². The van der Waals surface area contributed by atoms with Crippen molar-refractivity contribution in [2.75, 3.05) is 12.4 Å². The van der Waals surface area contributed by atoms with Crippen LogP contribution in [0.1, 0.15) is 34.6 Å². The molecule has 1 amide bonds. The molecule has 1 unspecified atom stereocenters. The van der Waals surface area contributed by atoms with Gasteiger partial charge in [0, 0.05) is 17.4 Å². The fourth-order valence-corrected chi connectivity index (χ4v) is 2.04. The van der Waals surface area contributed by atoms with Crippen LogP contribution in [-0.2, 0) is 4.74 Å². The van der Waals surface area contributed by atoms with E-state index in [1.54, 1.807) is 6.92 Å². The summed E-state index contributed by atoms with van der Waals surface area (Å²) in [6.07, 6.45) is 1.30. The van der Waals surface area contributed by atoms with Crippen molar-refractivity contribution >= 4 is 17.6 Å². The number of nitrogens with one attached hydrogen (secondary N) is 1. The summed E-state index contributed by atoms with van der Waals surface area (Å²) in [6, 6.07) is 8.31. The molecule has 0 radical (unpaired) electrons. The molecule has 0 aliphatic heterocycles. The number of nitrogens with zero attached hydrogens (tertiary/aromatic N) is 3. The van der Waals surface area contributed by atoms with Crippen LogP contribution in [0.5, 0.6) is 0 Å². The average molecular weight is 341 g/mol. The normalized spacial score (nSPS) is 12.2. The summed E-state index contributed by atoms with van der Waals surface area (Å²) in [5, 5.41) is 11.4. The number of methoxy groups -OCH3 is 1. The van der Waals surface area contributed by atoms with E-state index in [0.717, 1.165) is 0 Å². The lowest BCUT2D eigenvalue weighted by atomic mass is 10.1. The maximum atomic E-state index is 14.0. The number of nitrogens with two attached hydrogens (primary N) is 1. The van der Waals surface area contributed by atoms with Gasteiger partial charge in [-0.05, 0) is 37.3 Å². The van der Waals surface area contributed by atoms with E-state index >= 15 is 0 Å². The van der Waals surface area contributed by atoms with E-state index < -0.39 is 17.8 Å². The molecule has 8 heteroatoms. The third kappa shape index (κ3) is 4.51. The number of carbonyl (C=O) groups excluding carboxylic acids is 1. The number of rotatable bonds is 4. The van der Waals surface area contributed by atoms with E-state index in [4.69, 9.17) is 15.7 Å². The first kappa shape index (κ1) is 17.9. The molecule has 0 aliphatic carbocycles. The fraction of sp³-hybridized carbons (Fsp3) is 0.176. The number of amidine groups is 1. The van der Waals surface area contributed by atoms with Crippen LogP contribution in [0.4, 0.5) is 10.1 Å². The minimum Gasteiger partial charge on any atom is -0.469 e. The molecule has 0 spiro atoms. The number of anilines is 1. The monoisotopic (exact) mass is 341 g/mol. The Labute approximate surface area is 144 Å². The van der Waals surface area contributed by atoms with Gasteiger partial charge in [-0.2, -0.15) is 5.26 Å². The van der Waals surface area contributed by atoms with Crippen molar-refractivity contribution < 1.29 is 13.9 Å². The number of aliphatic imine (C=N–C) groups is 1. The lowest BCUT2D eigenvalue weighted by molar-refractivity contribution is 0.102. The van der Waals surface area contributed by atoms with Crippen LogP contribution >= 0.6 is 0 Å². The first-order chi connectivity index (χ1) is 11.9. The number of ether oxygens (including phenoxy) is 1. The van der Waals surface area contributed by atoms with Crippen LogP contribution in [-0.4, -0.2) is 24.0 Å². The standard InChI is InChI=1S/C17H16FN5O2/c1-10(22-17(20)25-2)13-7-12(4-5-14(13)18)23-16(24)15-6-3-11(8-19)9-21-15/h3-7,9-10H,1-2H3,(H2,20,22)(H,23,24). The van der Waals surface area contributed by atoms with Gasteiger partial charge < -0.3 is 15.8 Å². The van der Waals surface area contributed by atoms with Crippen LogP contribution < -0.4 is 11.1 Å². The lowest BCUT2D eigenvalue weighted by Crippen LogP contribution is -2.16. The highest BCUT2D eigenvalue weighted by molar-refractivity contribution is 6.02. The number of halogens is 1. The maximum absolute atomic E-state index is 14.0. The highest BCUT2D eigenvalue weighted by Crippen LogP contribution is 2.24. The molecule has 1 aromatic heterocycles. The first-order valence-electron chi connectivity index (χ1n) is 7.28. The van der Waals surface area contributed by atoms with Gasteiger partial charge in [0.2, 0.25) is 0 Å². The molecule has 2 aromatic rings. The molecule has 2 rings (SSSR count). The average Bonchev–Trinajstić information content (AvgIpc) is 2.63. The molecular formula is C17H16FN5O2. The van der Waals surface area contributed by atoms with Crippen molar-refractivity contribution in [1.82, 2.24) is 4.98 Å². The zero-order valence-electron chi connectivity index (χ0n) is 13.7. The summed E-state index contributed by atoms with van der Waals surface area (Å²) < 4.78 is 18.8. The Morgan fingerprint density at radius 1 is 1.44 bits per heavy atom. The molecule has 1 aromatic carbocycles. The molecule has 7 nitrogen and oxygen atoms in total. The second-order valence-electron chi connectivity index (χ2n) is 5.08. The number of aromatic nitrogens is 1. The summed E-state index contributed by atoms with van der Waals surface area (Å²) in [5.41, 5.74) is 6.61. The lowest BCUT2D eigenvalue weighted by Gasteiger charge is -2.12. The Bertz CT molecular complexity index is 843. The molecule has 1 atom stereocenters. The molecule has 0 aliphatic rings. The molecule has 0 fully saturated rings. The zero-order valence-corrected chi connectivity index (χ0v) is 13.7. The molecule has 3 N–H and O–H groups in total. The van der Waals surface area contributed by atoms with Gasteiger partial charge in [-0.25, -0.2) is 14.4 Å². The zero-order chi connectivity index (χ0) is 18.4. The number of benzene rings is 1. The van der Waals surface area contributed by atoms with Crippen molar-refractivity contribution in [3.8, 4) is 6.07 Å². The number of carbonyl (C=O) groups is 1. The van der Waals surface area contributed by atoms with Gasteiger partial charge >= 0.3 is 0 Å². The van der Waals surface area contributed by atoms with Crippen molar-refractivity contribution in [3.05, 3.63) is 59.2 Å². The smallest absolute Gasteiger partial charge is 0.282 e. The van der Waals surface area contributed by atoms with Crippen molar-refractivity contribution in [2.45, 2.75) is 13.0 Å². The second kappa shape index (κ2) is 7.88. The maximum Gasteiger partial charge on any atom is 0.282 e. The molecule has 0 bridgehead atoms. The second-order valence-corrected chi connectivity index (χ2v) is 5.08. The van der Waals surface area contributed by atoms with E-state index in [1.807, 2.05) is 6.07 Å². The minimum atomic E-state index is -0.593. The van der Waals surface area contributed by atoms with Crippen LogP contribution in [0, 0.1) is 17.1 Å². The third-order valence-corrected chi connectivity index (χ3v) is 3.36. The topological polar surface area (TPSA) is 113 Å². The van der Waals surface area contributed by atoms with Gasteiger partial charge in [0.25, 0.3) is 11.9 Å². The van der Waals surface area contributed by atoms with Gasteiger partial charge in [0.1, 0.15) is 17.6 Å². The summed E-state index contributed by atoms with van der Waals surface area (Å²) in [5.74, 6) is -0.954. The van der Waals surface area contributed by atoms with E-state index in [-0.39, 0.29) is 17.3 Å². The summed E-state index contributed by atoms with van der Waals surface area (Å²) in [6.45, 7) is 1.65. The van der Waals surface area contributed by atoms with Crippen molar-refractivity contribution in [2.24, 2.45) is 10.7 Å². The predicted molar refractivity (Wildman–Crippen MR) is 90.4 cm³/mol. The van der Waals surface area contributed by atoms with Gasteiger partial charge in [-0.15, -0.1) is 0 Å². The molecule has 0 saturated carbocycles. The molecule has 128 valence electrons. The van der Waals surface area contributed by atoms with E-state index in [1.165, 1.54) is 43.6 Å². The molecule has 0 saturated heterocycles. The van der Waals surface area contributed by atoms with E-state index in [0.29, 0.717) is 11.3 Å². The summed E-state index contributed by atoms with van der Waals surface area (Å²) >= 11 is 0. The highest BCUT2D eigenvalue weighted by Gasteiger charge is 2.14. The Morgan fingerprint density at radius 3 is 2.80 bits per heavy atom. The third-order valence-electron chi connectivity index (χ3n) is 3.36. The van der Waals surface area contributed by atoms with E-state index in [9.17, 15) is 9.18 Å². The van der Waals surface area contributed by atoms with Crippen LogP contribution in [0.2, 0.25) is 0 Å². The number of amides is 1. The highest BCUT2D eigenvalue weighted by atomic mass is 19.1. The predicted octanol–water partition coefficient (Wildman–Crippen LogP) is 2.37. The minimum absolute atomic E-state index is 0.0666. The SMILES string of the molecule is COC(N)=NC(C)c1cc(NC(=O)c2ccc(C#N)cn2)ccc1F. The number of pyridine rings is 1. The Balaban J connectivity index is 2.21. The summed E-state index contributed by atoms with van der Waals surface area (Å²) in [4.78, 5) is 20.1. The fourth-order valence-electron chi connectivity index (χ4n) is 2.04. The molecular weight excluding hydrogens is 325 g/mol. The van der Waals surface area contributed by atoms with Gasteiger partial charge in [-0.3, -0.25) is 4.79 Å². The van der Waals surface area contributed by atoms with Gasteiger partial charge in [0.15, 0.2) is 0 Å². The number of nitriles is 1. The number of hydrogen-bond acceptors (Lipinski definition) is 5. The Morgan fingerprint density at radius 2 is 2.20 bits per heavy atom. The van der Waals surface area contributed by atoms with Crippen molar-refractivity contribution in [1.29, 1.82) is 5.26 Å². The molecule has 1 heterocycles. The number of hydrogen-bond donors (Lipinski definition) is 2.